The molecule has 118 valence electrons. The number of anilines is 1. The van der Waals surface area contributed by atoms with Crippen molar-refractivity contribution in [2.45, 2.75) is 36.3 Å². The first-order valence-electron chi connectivity index (χ1n) is 7.83. The standard InChI is InChI=1S/C16H20N2O3S/c1-17-14-5-3-2-4-13(14)16(15(17)19)8-10-18(11-9-16)22(20,21)12-6-7-12/h2-5,12H,6-11H2,1H3. The van der Waals surface area contributed by atoms with Crippen LogP contribution in [0.15, 0.2) is 24.3 Å². The van der Waals surface area contributed by atoms with Crippen LogP contribution in [0.25, 0.3) is 0 Å². The van der Waals surface area contributed by atoms with Gasteiger partial charge in [-0.1, -0.05) is 18.2 Å². The van der Waals surface area contributed by atoms with Crippen molar-refractivity contribution in [1.82, 2.24) is 4.31 Å². The van der Waals surface area contributed by atoms with Crippen molar-refractivity contribution in [3.63, 3.8) is 0 Å². The second-order valence-electron chi connectivity index (χ2n) is 6.61. The molecular weight excluding hydrogens is 300 g/mol. The normalized spacial score (nSPS) is 24.8. The van der Waals surface area contributed by atoms with Crippen LogP contribution < -0.4 is 4.90 Å². The Morgan fingerprint density at radius 1 is 1.14 bits per heavy atom. The minimum atomic E-state index is -3.14. The third-order valence-electron chi connectivity index (χ3n) is 5.38. The fourth-order valence-electron chi connectivity index (χ4n) is 3.90. The molecule has 0 bridgehead atoms. The van der Waals surface area contributed by atoms with Crippen molar-refractivity contribution >= 4 is 21.6 Å². The largest absolute Gasteiger partial charge is 0.314 e. The number of carbonyl (C=O) groups excluding carboxylic acids is 1. The first kappa shape index (κ1) is 14.2. The van der Waals surface area contributed by atoms with E-state index in [2.05, 4.69) is 0 Å². The number of para-hydroxylation sites is 1. The molecule has 2 aliphatic heterocycles. The van der Waals surface area contributed by atoms with E-state index in [9.17, 15) is 13.2 Å². The monoisotopic (exact) mass is 320 g/mol. The molecule has 1 saturated heterocycles. The molecule has 5 nitrogen and oxygen atoms in total. The number of sulfonamides is 1. The zero-order chi connectivity index (χ0) is 15.5. The van der Waals surface area contributed by atoms with E-state index in [0.717, 1.165) is 24.1 Å². The van der Waals surface area contributed by atoms with Crippen LogP contribution in [0.3, 0.4) is 0 Å². The summed E-state index contributed by atoms with van der Waals surface area (Å²) in [4.78, 5) is 14.5. The molecule has 0 N–H and O–H groups in total. The highest BCUT2D eigenvalue weighted by Gasteiger charge is 2.53. The summed E-state index contributed by atoms with van der Waals surface area (Å²) in [5, 5.41) is -0.171. The predicted molar refractivity (Wildman–Crippen MR) is 84.3 cm³/mol. The molecule has 1 aliphatic carbocycles. The van der Waals surface area contributed by atoms with E-state index in [1.165, 1.54) is 0 Å². The summed E-state index contributed by atoms with van der Waals surface area (Å²) in [7, 11) is -1.33. The van der Waals surface area contributed by atoms with Gasteiger partial charge in [0.2, 0.25) is 15.9 Å². The molecule has 1 aromatic carbocycles. The Balaban J connectivity index is 1.64. The summed E-state index contributed by atoms with van der Waals surface area (Å²) in [6.45, 7) is 0.902. The maximum atomic E-state index is 12.8. The highest BCUT2D eigenvalue weighted by atomic mass is 32.2. The van der Waals surface area contributed by atoms with Crippen LogP contribution in [-0.4, -0.2) is 44.0 Å². The summed E-state index contributed by atoms with van der Waals surface area (Å²) in [6.07, 6.45) is 2.74. The summed E-state index contributed by atoms with van der Waals surface area (Å²) < 4.78 is 26.3. The minimum Gasteiger partial charge on any atom is -0.314 e. The third kappa shape index (κ3) is 1.80. The van der Waals surface area contributed by atoms with Crippen molar-refractivity contribution in [3.05, 3.63) is 29.8 Å². The fourth-order valence-corrected chi connectivity index (χ4v) is 5.74. The zero-order valence-electron chi connectivity index (χ0n) is 12.7. The number of piperidine rings is 1. The van der Waals surface area contributed by atoms with Crippen LogP contribution in [0.4, 0.5) is 5.69 Å². The van der Waals surface area contributed by atoms with E-state index in [1.807, 2.05) is 31.3 Å². The van der Waals surface area contributed by atoms with Gasteiger partial charge in [0.1, 0.15) is 0 Å². The number of carbonyl (C=O) groups is 1. The van der Waals surface area contributed by atoms with E-state index >= 15 is 0 Å². The van der Waals surface area contributed by atoms with Gasteiger partial charge in [-0.2, -0.15) is 0 Å². The molecule has 1 spiro atoms. The van der Waals surface area contributed by atoms with Gasteiger partial charge < -0.3 is 4.90 Å². The Morgan fingerprint density at radius 3 is 2.41 bits per heavy atom. The lowest BCUT2D eigenvalue weighted by molar-refractivity contribution is -0.124. The van der Waals surface area contributed by atoms with Crippen LogP contribution in [0.5, 0.6) is 0 Å². The summed E-state index contributed by atoms with van der Waals surface area (Å²) >= 11 is 0. The zero-order valence-corrected chi connectivity index (χ0v) is 13.5. The van der Waals surface area contributed by atoms with Crippen molar-refractivity contribution in [1.29, 1.82) is 0 Å². The van der Waals surface area contributed by atoms with E-state index in [-0.39, 0.29) is 11.2 Å². The minimum absolute atomic E-state index is 0.108. The molecular formula is C16H20N2O3S. The van der Waals surface area contributed by atoms with E-state index in [4.69, 9.17) is 0 Å². The highest BCUT2D eigenvalue weighted by molar-refractivity contribution is 7.90. The van der Waals surface area contributed by atoms with Crippen LogP contribution in [-0.2, 0) is 20.2 Å². The Bertz CT molecular complexity index is 732. The average Bonchev–Trinajstić information content (AvgIpc) is 3.36. The van der Waals surface area contributed by atoms with Gasteiger partial charge in [0.15, 0.2) is 0 Å². The molecule has 0 atom stereocenters. The number of fused-ring (bicyclic) bond motifs is 2. The Morgan fingerprint density at radius 2 is 1.77 bits per heavy atom. The first-order chi connectivity index (χ1) is 10.5. The number of hydrogen-bond acceptors (Lipinski definition) is 3. The lowest BCUT2D eigenvalue weighted by atomic mass is 9.74. The van der Waals surface area contributed by atoms with Gasteiger partial charge in [-0.15, -0.1) is 0 Å². The number of amides is 1. The molecule has 2 heterocycles. The highest BCUT2D eigenvalue weighted by Crippen LogP contribution is 2.48. The topological polar surface area (TPSA) is 57.7 Å². The molecule has 1 amide bonds. The van der Waals surface area contributed by atoms with Crippen molar-refractivity contribution in [2.75, 3.05) is 25.0 Å². The molecule has 0 unspecified atom stereocenters. The van der Waals surface area contributed by atoms with Crippen LogP contribution in [0.2, 0.25) is 0 Å². The van der Waals surface area contributed by atoms with Gasteiger partial charge in [0, 0.05) is 25.8 Å². The predicted octanol–water partition coefficient (Wildman–Crippen LogP) is 1.49. The number of nitrogens with zero attached hydrogens (tertiary/aromatic N) is 2. The van der Waals surface area contributed by atoms with E-state index < -0.39 is 15.4 Å². The van der Waals surface area contributed by atoms with Crippen LogP contribution in [0.1, 0.15) is 31.2 Å². The van der Waals surface area contributed by atoms with Gasteiger partial charge >= 0.3 is 0 Å². The van der Waals surface area contributed by atoms with Crippen LogP contribution in [0, 0.1) is 0 Å². The number of benzene rings is 1. The van der Waals surface area contributed by atoms with Crippen LogP contribution >= 0.6 is 0 Å². The van der Waals surface area contributed by atoms with Gasteiger partial charge in [0.05, 0.1) is 10.7 Å². The average molecular weight is 320 g/mol. The van der Waals surface area contributed by atoms with Gasteiger partial charge in [-0.3, -0.25) is 4.79 Å². The number of rotatable bonds is 2. The lowest BCUT2D eigenvalue weighted by Crippen LogP contribution is -2.50. The molecule has 0 radical (unpaired) electrons. The summed E-state index contributed by atoms with van der Waals surface area (Å²) in [5.41, 5.74) is 1.50. The van der Waals surface area contributed by atoms with Crippen molar-refractivity contribution in [3.8, 4) is 0 Å². The number of likely N-dealkylation sites (N-methyl/N-ethyl adjacent to an activating group) is 1. The second-order valence-corrected chi connectivity index (χ2v) is 8.82. The molecule has 22 heavy (non-hydrogen) atoms. The molecule has 3 aliphatic rings. The van der Waals surface area contributed by atoms with Gasteiger partial charge in [-0.25, -0.2) is 12.7 Å². The Hall–Kier alpha value is -1.40. The molecule has 6 heteroatoms. The molecule has 2 fully saturated rings. The molecule has 1 aromatic rings. The van der Waals surface area contributed by atoms with E-state index in [0.29, 0.717) is 25.9 Å². The van der Waals surface area contributed by atoms with Gasteiger partial charge in [0.25, 0.3) is 0 Å². The lowest BCUT2D eigenvalue weighted by Gasteiger charge is -2.37. The van der Waals surface area contributed by atoms with Crippen molar-refractivity contribution < 1.29 is 13.2 Å². The summed E-state index contributed by atoms with van der Waals surface area (Å²) in [5.74, 6) is 0.108. The van der Waals surface area contributed by atoms with Crippen molar-refractivity contribution in [2.24, 2.45) is 0 Å². The maximum Gasteiger partial charge on any atom is 0.237 e. The smallest absolute Gasteiger partial charge is 0.237 e. The number of hydrogen-bond donors (Lipinski definition) is 0. The van der Waals surface area contributed by atoms with Gasteiger partial charge in [-0.05, 0) is 37.3 Å². The Labute approximate surface area is 131 Å². The maximum absolute atomic E-state index is 12.8. The molecule has 0 aromatic heterocycles. The fraction of sp³-hybridized carbons (Fsp3) is 0.562. The quantitative estimate of drug-likeness (QED) is 0.829. The molecule has 1 saturated carbocycles. The second kappa shape index (κ2) is 4.55. The van der Waals surface area contributed by atoms with E-state index in [1.54, 1.807) is 9.21 Å². The summed E-state index contributed by atoms with van der Waals surface area (Å²) in [6, 6.07) is 7.88. The Kier molecular flexibility index (Phi) is 2.94. The molecule has 4 rings (SSSR count). The SMILES string of the molecule is CN1C(=O)C2(CCN(S(=O)(=O)C3CC3)CC2)c2ccccc21. The first-order valence-corrected chi connectivity index (χ1v) is 9.34. The third-order valence-corrected chi connectivity index (χ3v) is 7.78.